The Morgan fingerprint density at radius 3 is 2.79 bits per heavy atom. The van der Waals surface area contributed by atoms with Crippen LogP contribution < -0.4 is 5.32 Å². The Hall–Kier alpha value is -0.280. The summed E-state index contributed by atoms with van der Waals surface area (Å²) in [7, 11) is 0. The molecule has 19 heavy (non-hydrogen) atoms. The van der Waals surface area contributed by atoms with Crippen molar-refractivity contribution in [2.75, 3.05) is 13.1 Å². The van der Waals surface area contributed by atoms with Gasteiger partial charge in [0.05, 0.1) is 10.0 Å². The third-order valence-corrected chi connectivity index (χ3v) is 4.37. The quantitative estimate of drug-likeness (QED) is 0.885. The Labute approximate surface area is 126 Å². The molecule has 0 spiro atoms. The van der Waals surface area contributed by atoms with Gasteiger partial charge in [0.2, 0.25) is 0 Å². The zero-order chi connectivity index (χ0) is 13.8. The van der Waals surface area contributed by atoms with Crippen LogP contribution in [-0.2, 0) is 6.54 Å². The van der Waals surface area contributed by atoms with Crippen LogP contribution in [0.5, 0.6) is 0 Å². The minimum absolute atomic E-state index is 0.549. The van der Waals surface area contributed by atoms with E-state index >= 15 is 0 Å². The minimum Gasteiger partial charge on any atom is -0.313 e. The zero-order valence-corrected chi connectivity index (χ0v) is 13.1. The standard InChI is InChI=1S/C15H22Cl2N2/c1-11(2)18-9-13-4-3-7-19(13)10-12-5-6-14(16)15(17)8-12/h5-6,8,11,13,18H,3-4,7,9-10H2,1-2H3. The Bertz CT molecular complexity index is 421. The highest BCUT2D eigenvalue weighted by atomic mass is 35.5. The van der Waals surface area contributed by atoms with E-state index in [2.05, 4.69) is 30.1 Å². The first kappa shape index (κ1) is 15.1. The van der Waals surface area contributed by atoms with Gasteiger partial charge in [-0.1, -0.05) is 43.1 Å². The molecule has 0 bridgehead atoms. The van der Waals surface area contributed by atoms with Gasteiger partial charge in [-0.15, -0.1) is 0 Å². The van der Waals surface area contributed by atoms with Gasteiger partial charge in [0.15, 0.2) is 0 Å². The van der Waals surface area contributed by atoms with E-state index in [-0.39, 0.29) is 0 Å². The van der Waals surface area contributed by atoms with Crippen LogP contribution in [0.1, 0.15) is 32.3 Å². The van der Waals surface area contributed by atoms with Gasteiger partial charge in [0.25, 0.3) is 0 Å². The second kappa shape index (κ2) is 6.94. The molecule has 106 valence electrons. The van der Waals surface area contributed by atoms with Crippen molar-refractivity contribution in [1.29, 1.82) is 0 Å². The van der Waals surface area contributed by atoms with Crippen molar-refractivity contribution < 1.29 is 0 Å². The maximum atomic E-state index is 6.08. The highest BCUT2D eigenvalue weighted by molar-refractivity contribution is 6.42. The largest absolute Gasteiger partial charge is 0.313 e. The Kier molecular flexibility index (Phi) is 5.52. The fraction of sp³-hybridized carbons (Fsp3) is 0.600. The molecule has 1 heterocycles. The second-order valence-electron chi connectivity index (χ2n) is 5.58. The van der Waals surface area contributed by atoms with Crippen molar-refractivity contribution in [3.8, 4) is 0 Å². The van der Waals surface area contributed by atoms with E-state index in [0.29, 0.717) is 22.1 Å². The fourth-order valence-electron chi connectivity index (χ4n) is 2.58. The van der Waals surface area contributed by atoms with E-state index in [1.807, 2.05) is 12.1 Å². The van der Waals surface area contributed by atoms with Crippen molar-refractivity contribution in [3.63, 3.8) is 0 Å². The normalized spacial score (nSPS) is 20.4. The van der Waals surface area contributed by atoms with Crippen LogP contribution in [-0.4, -0.2) is 30.1 Å². The molecule has 1 saturated heterocycles. The van der Waals surface area contributed by atoms with E-state index in [0.717, 1.165) is 13.1 Å². The van der Waals surface area contributed by atoms with Crippen LogP contribution in [0.25, 0.3) is 0 Å². The molecule has 0 radical (unpaired) electrons. The van der Waals surface area contributed by atoms with Gasteiger partial charge in [-0.3, -0.25) is 4.90 Å². The molecular formula is C15H22Cl2N2. The molecule has 0 aliphatic carbocycles. The molecule has 2 rings (SSSR count). The summed E-state index contributed by atoms with van der Waals surface area (Å²) in [6.07, 6.45) is 2.56. The van der Waals surface area contributed by atoms with Crippen molar-refractivity contribution in [1.82, 2.24) is 10.2 Å². The Balaban J connectivity index is 1.95. The van der Waals surface area contributed by atoms with Crippen LogP contribution >= 0.6 is 23.2 Å². The molecule has 4 heteroatoms. The summed E-state index contributed by atoms with van der Waals surface area (Å²) in [4.78, 5) is 2.54. The minimum atomic E-state index is 0.549. The summed E-state index contributed by atoms with van der Waals surface area (Å²) in [5.41, 5.74) is 1.24. The second-order valence-corrected chi connectivity index (χ2v) is 6.39. The molecule has 1 aliphatic heterocycles. The van der Waals surface area contributed by atoms with Crippen molar-refractivity contribution in [2.45, 2.75) is 45.3 Å². The predicted molar refractivity (Wildman–Crippen MR) is 83.0 cm³/mol. The average molecular weight is 301 g/mol. The maximum absolute atomic E-state index is 6.08. The topological polar surface area (TPSA) is 15.3 Å². The number of halogens is 2. The highest BCUT2D eigenvalue weighted by Gasteiger charge is 2.24. The van der Waals surface area contributed by atoms with Crippen LogP contribution in [0, 0.1) is 0 Å². The van der Waals surface area contributed by atoms with Gasteiger partial charge in [0.1, 0.15) is 0 Å². The maximum Gasteiger partial charge on any atom is 0.0595 e. The van der Waals surface area contributed by atoms with Gasteiger partial charge < -0.3 is 5.32 Å². The molecule has 1 N–H and O–H groups in total. The number of hydrogen-bond donors (Lipinski definition) is 1. The average Bonchev–Trinajstić information content (AvgIpc) is 2.79. The predicted octanol–water partition coefficient (Wildman–Crippen LogP) is 3.96. The summed E-state index contributed by atoms with van der Waals surface area (Å²) >= 11 is 12.0. The third-order valence-electron chi connectivity index (χ3n) is 3.63. The lowest BCUT2D eigenvalue weighted by molar-refractivity contribution is 0.236. The van der Waals surface area contributed by atoms with E-state index in [1.165, 1.54) is 24.9 Å². The molecule has 1 fully saturated rings. The molecule has 1 aromatic carbocycles. The van der Waals surface area contributed by atoms with Crippen LogP contribution in [0.2, 0.25) is 10.0 Å². The van der Waals surface area contributed by atoms with Gasteiger partial charge in [-0.2, -0.15) is 0 Å². The summed E-state index contributed by atoms with van der Waals surface area (Å²) in [6, 6.07) is 7.12. The first-order valence-electron chi connectivity index (χ1n) is 6.97. The lowest BCUT2D eigenvalue weighted by atomic mass is 10.1. The molecule has 1 atom stereocenters. The van der Waals surface area contributed by atoms with E-state index < -0.39 is 0 Å². The smallest absolute Gasteiger partial charge is 0.0595 e. The van der Waals surface area contributed by atoms with E-state index in [9.17, 15) is 0 Å². The van der Waals surface area contributed by atoms with Crippen molar-refractivity contribution in [3.05, 3.63) is 33.8 Å². The summed E-state index contributed by atoms with van der Waals surface area (Å²) in [5, 5.41) is 4.81. The van der Waals surface area contributed by atoms with Gasteiger partial charge >= 0.3 is 0 Å². The zero-order valence-electron chi connectivity index (χ0n) is 11.6. The van der Waals surface area contributed by atoms with E-state index in [1.54, 1.807) is 0 Å². The van der Waals surface area contributed by atoms with Gasteiger partial charge in [-0.05, 0) is 37.1 Å². The molecule has 0 aromatic heterocycles. The molecular weight excluding hydrogens is 279 g/mol. The molecule has 1 aromatic rings. The molecule has 1 unspecified atom stereocenters. The monoisotopic (exact) mass is 300 g/mol. The fourth-order valence-corrected chi connectivity index (χ4v) is 2.90. The number of hydrogen-bond acceptors (Lipinski definition) is 2. The number of nitrogens with one attached hydrogen (secondary N) is 1. The first-order chi connectivity index (χ1) is 9.06. The molecule has 1 aliphatic rings. The summed E-state index contributed by atoms with van der Waals surface area (Å²) in [6.45, 7) is 7.58. The molecule has 2 nitrogen and oxygen atoms in total. The lowest BCUT2D eigenvalue weighted by Crippen LogP contribution is -2.39. The van der Waals surface area contributed by atoms with Crippen LogP contribution in [0.3, 0.4) is 0 Å². The Morgan fingerprint density at radius 1 is 1.32 bits per heavy atom. The Morgan fingerprint density at radius 2 is 2.11 bits per heavy atom. The van der Waals surface area contributed by atoms with Gasteiger partial charge in [0, 0.05) is 25.2 Å². The number of nitrogens with zero attached hydrogens (tertiary/aromatic N) is 1. The number of benzene rings is 1. The van der Waals surface area contributed by atoms with Crippen LogP contribution in [0.4, 0.5) is 0 Å². The summed E-state index contributed by atoms with van der Waals surface area (Å²) in [5.74, 6) is 0. The third kappa shape index (κ3) is 4.35. The van der Waals surface area contributed by atoms with E-state index in [4.69, 9.17) is 23.2 Å². The SMILES string of the molecule is CC(C)NCC1CCCN1Cc1ccc(Cl)c(Cl)c1. The number of rotatable bonds is 5. The number of likely N-dealkylation sites (tertiary alicyclic amines) is 1. The molecule has 0 saturated carbocycles. The lowest BCUT2D eigenvalue weighted by Gasteiger charge is -2.25. The van der Waals surface area contributed by atoms with Crippen molar-refractivity contribution >= 4 is 23.2 Å². The molecule has 0 amide bonds. The summed E-state index contributed by atoms with van der Waals surface area (Å²) < 4.78 is 0. The van der Waals surface area contributed by atoms with Gasteiger partial charge in [-0.25, -0.2) is 0 Å². The first-order valence-corrected chi connectivity index (χ1v) is 7.73. The van der Waals surface area contributed by atoms with Crippen molar-refractivity contribution in [2.24, 2.45) is 0 Å². The van der Waals surface area contributed by atoms with Crippen LogP contribution in [0.15, 0.2) is 18.2 Å². The highest BCUT2D eigenvalue weighted by Crippen LogP contribution is 2.25.